The molecule has 0 radical (unpaired) electrons. The van der Waals surface area contributed by atoms with Crippen LogP contribution in [0.15, 0.2) is 54.6 Å². The van der Waals surface area contributed by atoms with E-state index in [1.807, 2.05) is 37.4 Å². The Hall–Kier alpha value is -3.28. The van der Waals surface area contributed by atoms with Crippen molar-refractivity contribution in [3.63, 3.8) is 0 Å². The quantitative estimate of drug-likeness (QED) is 0.574. The van der Waals surface area contributed by atoms with Gasteiger partial charge in [0.2, 0.25) is 0 Å². The lowest BCUT2D eigenvalue weighted by Crippen LogP contribution is -2.05. The van der Waals surface area contributed by atoms with Gasteiger partial charge >= 0.3 is 0 Å². The monoisotopic (exact) mass is 361 g/mol. The van der Waals surface area contributed by atoms with Gasteiger partial charge in [-0.15, -0.1) is 0 Å². The topological polar surface area (TPSA) is 55.6 Å². The maximum Gasteiger partial charge on any atom is 0.164 e. The first-order chi connectivity index (χ1) is 13.2. The fourth-order valence-corrected chi connectivity index (χ4v) is 3.11. The Kier molecular flexibility index (Phi) is 4.54. The molecule has 0 aliphatic rings. The minimum atomic E-state index is -0.241. The summed E-state index contributed by atoms with van der Waals surface area (Å²) in [6, 6.07) is 16.3. The summed E-state index contributed by atoms with van der Waals surface area (Å²) < 4.78 is 14.9. The van der Waals surface area contributed by atoms with Crippen LogP contribution in [0.3, 0.4) is 0 Å². The molecule has 0 atom stereocenters. The van der Waals surface area contributed by atoms with Crippen molar-refractivity contribution in [1.82, 2.24) is 19.7 Å². The number of anilines is 1. The van der Waals surface area contributed by atoms with Crippen LogP contribution in [0.25, 0.3) is 22.4 Å². The van der Waals surface area contributed by atoms with Crippen LogP contribution in [0.2, 0.25) is 0 Å². The first-order valence-corrected chi connectivity index (χ1v) is 8.93. The number of halogens is 1. The van der Waals surface area contributed by atoms with E-state index < -0.39 is 0 Å². The van der Waals surface area contributed by atoms with Crippen molar-refractivity contribution in [2.45, 2.75) is 19.9 Å². The summed E-state index contributed by atoms with van der Waals surface area (Å²) in [5.74, 6) is 1.15. The van der Waals surface area contributed by atoms with Gasteiger partial charge in [-0.05, 0) is 24.1 Å². The Bertz CT molecular complexity index is 1070. The maximum atomic E-state index is 13.1. The van der Waals surface area contributed by atoms with Crippen LogP contribution in [0.4, 0.5) is 10.2 Å². The highest BCUT2D eigenvalue weighted by Gasteiger charge is 2.17. The minimum Gasteiger partial charge on any atom is -0.365 e. The molecule has 0 aliphatic carbocycles. The second-order valence-corrected chi connectivity index (χ2v) is 6.36. The summed E-state index contributed by atoms with van der Waals surface area (Å²) in [6.45, 7) is 2.61. The predicted molar refractivity (Wildman–Crippen MR) is 105 cm³/mol. The predicted octanol–water partition coefficient (Wildman–Crippen LogP) is 4.34. The van der Waals surface area contributed by atoms with Gasteiger partial charge in [0.1, 0.15) is 11.6 Å². The Morgan fingerprint density at radius 3 is 2.44 bits per heavy atom. The van der Waals surface area contributed by atoms with E-state index in [1.165, 1.54) is 12.1 Å². The number of rotatable bonds is 5. The molecule has 0 unspecified atom stereocenters. The van der Waals surface area contributed by atoms with Crippen LogP contribution in [-0.2, 0) is 20.0 Å². The molecule has 4 aromatic rings. The van der Waals surface area contributed by atoms with Gasteiger partial charge in [0, 0.05) is 19.2 Å². The molecule has 0 bridgehead atoms. The molecule has 0 saturated carbocycles. The number of hydrogen-bond donors (Lipinski definition) is 1. The van der Waals surface area contributed by atoms with Crippen molar-refractivity contribution in [1.29, 1.82) is 0 Å². The Labute approximate surface area is 156 Å². The van der Waals surface area contributed by atoms with E-state index in [4.69, 9.17) is 9.97 Å². The number of benzene rings is 2. The molecule has 27 heavy (non-hydrogen) atoms. The van der Waals surface area contributed by atoms with Crippen molar-refractivity contribution in [3.8, 4) is 11.4 Å². The second-order valence-electron chi connectivity index (χ2n) is 6.36. The van der Waals surface area contributed by atoms with Gasteiger partial charge in [-0.3, -0.25) is 0 Å². The van der Waals surface area contributed by atoms with Gasteiger partial charge in [-0.25, -0.2) is 19.0 Å². The summed E-state index contributed by atoms with van der Waals surface area (Å²) >= 11 is 0. The number of nitrogens with zero attached hydrogens (tertiary/aromatic N) is 4. The van der Waals surface area contributed by atoms with Crippen LogP contribution >= 0.6 is 0 Å². The van der Waals surface area contributed by atoms with Gasteiger partial charge in [0.05, 0.1) is 11.1 Å². The summed E-state index contributed by atoms with van der Waals surface area (Å²) in [5, 5.41) is 8.92. The third-order valence-corrected chi connectivity index (χ3v) is 4.50. The molecule has 6 heteroatoms. The molecule has 0 fully saturated rings. The minimum absolute atomic E-state index is 0.241. The lowest BCUT2D eigenvalue weighted by atomic mass is 10.2. The van der Waals surface area contributed by atoms with Crippen LogP contribution in [0.1, 0.15) is 18.2 Å². The zero-order valence-corrected chi connectivity index (χ0v) is 15.3. The van der Waals surface area contributed by atoms with E-state index in [1.54, 1.807) is 16.8 Å². The van der Waals surface area contributed by atoms with Gasteiger partial charge < -0.3 is 5.32 Å². The first-order valence-electron chi connectivity index (χ1n) is 8.93. The molecule has 5 nitrogen and oxygen atoms in total. The number of hydrogen-bond acceptors (Lipinski definition) is 4. The normalized spacial score (nSPS) is 11.1. The molecule has 2 aromatic carbocycles. The van der Waals surface area contributed by atoms with Crippen LogP contribution in [0.5, 0.6) is 0 Å². The van der Waals surface area contributed by atoms with Crippen molar-refractivity contribution >= 4 is 16.9 Å². The molecule has 0 saturated heterocycles. The highest BCUT2D eigenvalue weighted by atomic mass is 19.1. The molecular weight excluding hydrogens is 341 g/mol. The van der Waals surface area contributed by atoms with Crippen molar-refractivity contribution in [2.75, 3.05) is 5.32 Å². The number of aromatic nitrogens is 4. The number of aryl methyl sites for hydroxylation is 2. The van der Waals surface area contributed by atoms with E-state index in [0.29, 0.717) is 12.4 Å². The zero-order valence-electron chi connectivity index (χ0n) is 15.3. The maximum absolute atomic E-state index is 13.1. The van der Waals surface area contributed by atoms with E-state index in [-0.39, 0.29) is 5.82 Å². The standard InChI is InChI=1S/C21H20FN5/c1-3-17-18-20(23-13-14-9-11-16(22)12-10-14)24-19(15-7-5-4-6-8-15)25-21(18)27(2)26-17/h4-12H,3,13H2,1-2H3,(H,23,24,25). The van der Waals surface area contributed by atoms with Crippen LogP contribution in [0, 0.1) is 5.82 Å². The highest BCUT2D eigenvalue weighted by molar-refractivity contribution is 5.91. The lowest BCUT2D eigenvalue weighted by molar-refractivity contribution is 0.627. The zero-order chi connectivity index (χ0) is 18.8. The number of nitrogens with one attached hydrogen (secondary N) is 1. The fourth-order valence-electron chi connectivity index (χ4n) is 3.11. The van der Waals surface area contributed by atoms with E-state index in [0.717, 1.165) is 40.1 Å². The molecule has 1 N–H and O–H groups in total. The molecule has 0 spiro atoms. The third kappa shape index (κ3) is 3.38. The first kappa shape index (κ1) is 17.1. The van der Waals surface area contributed by atoms with E-state index in [9.17, 15) is 4.39 Å². The molecule has 4 rings (SSSR count). The average molecular weight is 361 g/mol. The third-order valence-electron chi connectivity index (χ3n) is 4.50. The fraction of sp³-hybridized carbons (Fsp3) is 0.190. The van der Waals surface area contributed by atoms with E-state index in [2.05, 4.69) is 17.3 Å². The summed E-state index contributed by atoms with van der Waals surface area (Å²) in [6.07, 6.45) is 0.788. The summed E-state index contributed by atoms with van der Waals surface area (Å²) in [4.78, 5) is 9.52. The Morgan fingerprint density at radius 1 is 1.00 bits per heavy atom. The molecule has 0 amide bonds. The van der Waals surface area contributed by atoms with Crippen molar-refractivity contribution in [3.05, 3.63) is 71.7 Å². The summed E-state index contributed by atoms with van der Waals surface area (Å²) in [5.41, 5.74) is 3.67. The van der Waals surface area contributed by atoms with Crippen LogP contribution in [-0.4, -0.2) is 19.7 Å². The SMILES string of the molecule is CCc1nn(C)c2nc(-c3ccccc3)nc(NCc3ccc(F)cc3)c12. The van der Waals surface area contributed by atoms with Gasteiger partial charge in [0.25, 0.3) is 0 Å². The molecule has 0 aliphatic heterocycles. The Balaban J connectivity index is 1.79. The molecular formula is C21H20FN5. The average Bonchev–Trinajstić information content (AvgIpc) is 3.04. The molecule has 136 valence electrons. The number of fused-ring (bicyclic) bond motifs is 1. The van der Waals surface area contributed by atoms with E-state index >= 15 is 0 Å². The van der Waals surface area contributed by atoms with Gasteiger partial charge in [-0.1, -0.05) is 49.4 Å². The van der Waals surface area contributed by atoms with Gasteiger partial charge in [-0.2, -0.15) is 5.10 Å². The smallest absolute Gasteiger partial charge is 0.164 e. The largest absolute Gasteiger partial charge is 0.365 e. The van der Waals surface area contributed by atoms with Crippen molar-refractivity contribution < 1.29 is 4.39 Å². The lowest BCUT2D eigenvalue weighted by Gasteiger charge is -2.10. The van der Waals surface area contributed by atoms with Crippen molar-refractivity contribution in [2.24, 2.45) is 7.05 Å². The second kappa shape index (κ2) is 7.15. The highest BCUT2D eigenvalue weighted by Crippen LogP contribution is 2.28. The summed E-state index contributed by atoms with van der Waals surface area (Å²) in [7, 11) is 1.90. The molecule has 2 aromatic heterocycles. The Morgan fingerprint density at radius 2 is 1.74 bits per heavy atom. The van der Waals surface area contributed by atoms with Gasteiger partial charge in [0.15, 0.2) is 11.5 Å². The van der Waals surface area contributed by atoms with Crippen LogP contribution < -0.4 is 5.32 Å². The molecule has 2 heterocycles.